The Labute approximate surface area is 161 Å². The average molecular weight is 395 g/mol. The second-order valence-corrected chi connectivity index (χ2v) is 7.50. The standard InChI is InChI=1S/C19H24F3N5O/c1-28-16-5-3-2-4-14(16)11-26-8-6-13(7-9-26)15-10-17(19(20,21)22)27-18(25-15)23-12-24-27/h2-5,12-13,15,17H,6-11H2,1H3,(H,23,24,25)/t15-,17+/m0/s1. The van der Waals surface area contributed by atoms with Crippen molar-refractivity contribution in [3.63, 3.8) is 0 Å². The summed E-state index contributed by atoms with van der Waals surface area (Å²) in [5.74, 6) is 1.27. The zero-order valence-electron chi connectivity index (χ0n) is 15.7. The highest BCUT2D eigenvalue weighted by Crippen LogP contribution is 2.41. The van der Waals surface area contributed by atoms with E-state index < -0.39 is 12.2 Å². The van der Waals surface area contributed by atoms with Crippen molar-refractivity contribution >= 4 is 5.95 Å². The molecule has 1 aromatic heterocycles. The molecule has 9 heteroatoms. The predicted octanol–water partition coefficient (Wildman–Crippen LogP) is 3.49. The van der Waals surface area contributed by atoms with Crippen molar-refractivity contribution in [1.29, 1.82) is 0 Å². The van der Waals surface area contributed by atoms with Gasteiger partial charge >= 0.3 is 6.18 Å². The zero-order chi connectivity index (χ0) is 19.7. The van der Waals surface area contributed by atoms with Gasteiger partial charge in [-0.05, 0) is 44.3 Å². The first-order chi connectivity index (χ1) is 13.5. The molecule has 0 saturated carbocycles. The highest BCUT2D eigenvalue weighted by Gasteiger charge is 2.47. The number of fused-ring (bicyclic) bond motifs is 1. The molecule has 6 nitrogen and oxygen atoms in total. The fourth-order valence-corrected chi connectivity index (χ4v) is 4.32. The van der Waals surface area contributed by atoms with E-state index in [4.69, 9.17) is 4.74 Å². The molecule has 1 N–H and O–H groups in total. The summed E-state index contributed by atoms with van der Waals surface area (Å²) in [6.07, 6.45) is -1.44. The lowest BCUT2D eigenvalue weighted by molar-refractivity contribution is -0.174. The van der Waals surface area contributed by atoms with E-state index >= 15 is 0 Å². The molecule has 2 aromatic rings. The molecule has 0 unspecified atom stereocenters. The molecule has 4 rings (SSSR count). The fraction of sp³-hybridized carbons (Fsp3) is 0.579. The van der Waals surface area contributed by atoms with E-state index in [1.54, 1.807) is 7.11 Å². The van der Waals surface area contributed by atoms with Crippen LogP contribution in [0.15, 0.2) is 30.6 Å². The van der Waals surface area contributed by atoms with Crippen LogP contribution in [0, 0.1) is 5.92 Å². The van der Waals surface area contributed by atoms with Crippen LogP contribution in [0.1, 0.15) is 30.9 Å². The molecule has 0 radical (unpaired) electrons. The lowest BCUT2D eigenvalue weighted by Gasteiger charge is -2.40. The number of hydrogen-bond donors (Lipinski definition) is 1. The molecule has 3 heterocycles. The van der Waals surface area contributed by atoms with Gasteiger partial charge in [0.15, 0.2) is 6.04 Å². The summed E-state index contributed by atoms with van der Waals surface area (Å²) in [7, 11) is 1.66. The van der Waals surface area contributed by atoms with Gasteiger partial charge in [0.1, 0.15) is 12.1 Å². The van der Waals surface area contributed by atoms with Crippen LogP contribution in [0.2, 0.25) is 0 Å². The molecule has 1 fully saturated rings. The lowest BCUT2D eigenvalue weighted by Crippen LogP contribution is -2.46. The van der Waals surface area contributed by atoms with E-state index in [9.17, 15) is 13.2 Å². The summed E-state index contributed by atoms with van der Waals surface area (Å²) in [5, 5.41) is 6.94. The first-order valence-electron chi connectivity index (χ1n) is 9.52. The van der Waals surface area contributed by atoms with Gasteiger partial charge in [-0.3, -0.25) is 4.90 Å². The fourth-order valence-electron chi connectivity index (χ4n) is 4.32. The van der Waals surface area contributed by atoms with Gasteiger partial charge in [-0.25, -0.2) is 4.68 Å². The summed E-state index contributed by atoms with van der Waals surface area (Å²) >= 11 is 0. The SMILES string of the molecule is COc1ccccc1CN1CCC([C@@H]2C[C@H](C(F)(F)F)n3ncnc3N2)CC1. The highest BCUT2D eigenvalue weighted by molar-refractivity contribution is 5.33. The number of alkyl halides is 3. The van der Waals surface area contributed by atoms with Gasteiger partial charge in [-0.15, -0.1) is 0 Å². The molecule has 1 saturated heterocycles. The van der Waals surface area contributed by atoms with E-state index in [-0.39, 0.29) is 24.3 Å². The molecular weight excluding hydrogens is 371 g/mol. The molecule has 0 amide bonds. The van der Waals surface area contributed by atoms with Gasteiger partial charge in [-0.2, -0.15) is 23.3 Å². The van der Waals surface area contributed by atoms with E-state index in [1.807, 2.05) is 24.3 Å². The van der Waals surface area contributed by atoms with Crippen molar-refractivity contribution in [1.82, 2.24) is 19.7 Å². The van der Waals surface area contributed by atoms with Crippen molar-refractivity contribution < 1.29 is 17.9 Å². The van der Waals surface area contributed by atoms with Crippen LogP contribution in [-0.2, 0) is 6.54 Å². The molecule has 152 valence electrons. The van der Waals surface area contributed by atoms with Gasteiger partial charge in [-0.1, -0.05) is 18.2 Å². The molecule has 2 atom stereocenters. The number of ether oxygens (including phenoxy) is 1. The summed E-state index contributed by atoms with van der Waals surface area (Å²) in [6.45, 7) is 2.49. The molecule has 28 heavy (non-hydrogen) atoms. The summed E-state index contributed by atoms with van der Waals surface area (Å²) in [5.41, 5.74) is 1.13. The number of nitrogens with one attached hydrogen (secondary N) is 1. The van der Waals surface area contributed by atoms with E-state index in [0.717, 1.165) is 48.5 Å². The molecule has 2 aliphatic heterocycles. The number of halogens is 3. The van der Waals surface area contributed by atoms with Crippen LogP contribution in [0.3, 0.4) is 0 Å². The molecular formula is C19H24F3N5O. The van der Waals surface area contributed by atoms with Gasteiger partial charge in [0.25, 0.3) is 0 Å². The Hall–Kier alpha value is -2.29. The van der Waals surface area contributed by atoms with Crippen molar-refractivity contribution in [2.75, 3.05) is 25.5 Å². The summed E-state index contributed by atoms with van der Waals surface area (Å²) in [4.78, 5) is 6.31. The van der Waals surface area contributed by atoms with Gasteiger partial charge in [0.2, 0.25) is 5.95 Å². The largest absolute Gasteiger partial charge is 0.496 e. The van der Waals surface area contributed by atoms with Gasteiger partial charge < -0.3 is 10.1 Å². The van der Waals surface area contributed by atoms with Crippen LogP contribution >= 0.6 is 0 Å². The minimum Gasteiger partial charge on any atom is -0.496 e. The smallest absolute Gasteiger partial charge is 0.411 e. The third kappa shape index (κ3) is 3.80. The second kappa shape index (κ2) is 7.62. The molecule has 0 bridgehead atoms. The Balaban J connectivity index is 1.39. The zero-order valence-corrected chi connectivity index (χ0v) is 15.7. The maximum Gasteiger partial charge on any atom is 0.411 e. The van der Waals surface area contributed by atoms with Crippen LogP contribution in [0.25, 0.3) is 0 Å². The van der Waals surface area contributed by atoms with Crippen LogP contribution < -0.4 is 10.1 Å². The van der Waals surface area contributed by atoms with Crippen LogP contribution in [0.4, 0.5) is 19.1 Å². The lowest BCUT2D eigenvalue weighted by atomic mass is 9.85. The van der Waals surface area contributed by atoms with Crippen LogP contribution in [-0.4, -0.2) is 52.1 Å². The third-order valence-electron chi connectivity index (χ3n) is 5.83. The summed E-state index contributed by atoms with van der Waals surface area (Å²) < 4.78 is 46.8. The first-order valence-corrected chi connectivity index (χ1v) is 9.52. The van der Waals surface area contributed by atoms with Crippen molar-refractivity contribution in [3.8, 4) is 5.75 Å². The number of piperidine rings is 1. The number of aromatic nitrogens is 3. The van der Waals surface area contributed by atoms with E-state index in [2.05, 4.69) is 20.3 Å². The number of benzene rings is 1. The van der Waals surface area contributed by atoms with Gasteiger partial charge in [0, 0.05) is 18.2 Å². The van der Waals surface area contributed by atoms with Gasteiger partial charge in [0.05, 0.1) is 7.11 Å². The van der Waals surface area contributed by atoms with Crippen LogP contribution in [0.5, 0.6) is 5.75 Å². The minimum atomic E-state index is -4.33. The third-order valence-corrected chi connectivity index (χ3v) is 5.83. The second-order valence-electron chi connectivity index (χ2n) is 7.50. The number of methoxy groups -OCH3 is 1. The maximum atomic E-state index is 13.5. The first kappa shape index (κ1) is 19.0. The monoisotopic (exact) mass is 395 g/mol. The predicted molar refractivity (Wildman–Crippen MR) is 98.1 cm³/mol. The quantitative estimate of drug-likeness (QED) is 0.859. The number of para-hydroxylation sites is 1. The van der Waals surface area contributed by atoms with Crippen molar-refractivity contribution in [2.24, 2.45) is 5.92 Å². The normalized spacial score (nSPS) is 23.9. The Kier molecular flexibility index (Phi) is 5.18. The van der Waals surface area contributed by atoms with Crippen molar-refractivity contribution in [3.05, 3.63) is 36.2 Å². The molecule has 0 aliphatic carbocycles. The Morgan fingerprint density at radius 1 is 1.21 bits per heavy atom. The number of nitrogens with zero attached hydrogens (tertiary/aromatic N) is 4. The Morgan fingerprint density at radius 3 is 2.68 bits per heavy atom. The molecule has 1 aromatic carbocycles. The number of rotatable bonds is 4. The molecule has 0 spiro atoms. The van der Waals surface area contributed by atoms with E-state index in [0.29, 0.717) is 0 Å². The highest BCUT2D eigenvalue weighted by atomic mass is 19.4. The molecule has 2 aliphatic rings. The van der Waals surface area contributed by atoms with E-state index in [1.165, 1.54) is 6.33 Å². The Bertz CT molecular complexity index is 801. The number of likely N-dealkylation sites (tertiary alicyclic amines) is 1. The minimum absolute atomic E-state index is 0.00294. The number of hydrogen-bond acceptors (Lipinski definition) is 5. The summed E-state index contributed by atoms with van der Waals surface area (Å²) in [6, 6.07) is 6.08. The Morgan fingerprint density at radius 2 is 1.96 bits per heavy atom. The number of anilines is 1. The van der Waals surface area contributed by atoms with Crippen molar-refractivity contribution in [2.45, 2.75) is 44.1 Å². The topological polar surface area (TPSA) is 55.2 Å². The average Bonchev–Trinajstić information content (AvgIpc) is 3.16. The maximum absolute atomic E-state index is 13.5.